The summed E-state index contributed by atoms with van der Waals surface area (Å²) >= 11 is 0. The number of nitrogens with zero attached hydrogens (tertiary/aromatic N) is 1. The summed E-state index contributed by atoms with van der Waals surface area (Å²) in [7, 11) is 1.61. The second kappa shape index (κ2) is 7.30. The molecule has 0 unspecified atom stereocenters. The summed E-state index contributed by atoms with van der Waals surface area (Å²) in [5.41, 5.74) is 2.62. The molecule has 0 saturated heterocycles. The van der Waals surface area contributed by atoms with Gasteiger partial charge in [-0.05, 0) is 54.3 Å². The van der Waals surface area contributed by atoms with Gasteiger partial charge in [-0.3, -0.25) is 0 Å². The Morgan fingerprint density at radius 2 is 2.00 bits per heavy atom. The number of hydrogen-bond donors (Lipinski definition) is 0. The fourth-order valence-electron chi connectivity index (χ4n) is 2.65. The van der Waals surface area contributed by atoms with Gasteiger partial charge in [-0.25, -0.2) is 14.2 Å². The number of hydrogen-bond acceptors (Lipinski definition) is 4. The molecule has 0 saturated carbocycles. The van der Waals surface area contributed by atoms with E-state index in [2.05, 4.69) is 4.99 Å². The molecule has 1 aliphatic heterocycles. The molecule has 0 aliphatic carbocycles. The molecule has 128 valence electrons. The molecule has 25 heavy (non-hydrogen) atoms. The molecule has 0 amide bonds. The highest BCUT2D eigenvalue weighted by Crippen LogP contribution is 2.22. The van der Waals surface area contributed by atoms with Gasteiger partial charge in [0.2, 0.25) is 0 Å². The predicted octanol–water partition coefficient (Wildman–Crippen LogP) is 4.07. The zero-order chi connectivity index (χ0) is 17.8. The van der Waals surface area contributed by atoms with E-state index in [4.69, 9.17) is 9.47 Å². The van der Waals surface area contributed by atoms with Gasteiger partial charge in [0.05, 0.1) is 7.11 Å². The minimum Gasteiger partial charge on any atom is -0.496 e. The van der Waals surface area contributed by atoms with Crippen LogP contribution >= 0.6 is 0 Å². The van der Waals surface area contributed by atoms with E-state index < -0.39 is 5.97 Å². The van der Waals surface area contributed by atoms with Gasteiger partial charge in [-0.15, -0.1) is 0 Å². The van der Waals surface area contributed by atoms with Crippen LogP contribution < -0.4 is 4.74 Å². The van der Waals surface area contributed by atoms with Gasteiger partial charge < -0.3 is 9.47 Å². The molecule has 0 fully saturated rings. The highest BCUT2D eigenvalue weighted by molar-refractivity contribution is 6.07. The van der Waals surface area contributed by atoms with Crippen molar-refractivity contribution in [2.24, 2.45) is 4.99 Å². The number of halogens is 1. The third-order valence-electron chi connectivity index (χ3n) is 3.95. The number of carbonyl (C=O) groups excluding carboxylic acids is 1. The van der Waals surface area contributed by atoms with Crippen molar-refractivity contribution in [3.63, 3.8) is 0 Å². The topological polar surface area (TPSA) is 47.9 Å². The van der Waals surface area contributed by atoms with E-state index in [9.17, 15) is 9.18 Å². The maximum Gasteiger partial charge on any atom is 0.363 e. The largest absolute Gasteiger partial charge is 0.496 e. The number of benzene rings is 2. The fraction of sp³-hybridized carbons (Fsp3) is 0.200. The number of rotatable bonds is 5. The van der Waals surface area contributed by atoms with E-state index in [0.717, 1.165) is 16.9 Å². The van der Waals surface area contributed by atoms with E-state index in [1.807, 2.05) is 25.1 Å². The Hall–Kier alpha value is -2.95. The lowest BCUT2D eigenvalue weighted by Gasteiger charge is -2.04. The van der Waals surface area contributed by atoms with Crippen LogP contribution in [0.4, 0.5) is 4.39 Å². The monoisotopic (exact) mass is 339 g/mol. The Morgan fingerprint density at radius 3 is 2.72 bits per heavy atom. The second-order valence-electron chi connectivity index (χ2n) is 5.75. The van der Waals surface area contributed by atoms with Crippen molar-refractivity contribution in [2.45, 2.75) is 19.8 Å². The highest BCUT2D eigenvalue weighted by Gasteiger charge is 2.22. The number of cyclic esters (lactones) is 1. The van der Waals surface area contributed by atoms with Crippen LogP contribution in [0, 0.1) is 12.7 Å². The van der Waals surface area contributed by atoms with Crippen LogP contribution in [-0.4, -0.2) is 19.0 Å². The van der Waals surface area contributed by atoms with E-state index >= 15 is 0 Å². The molecule has 2 aromatic rings. The molecule has 2 aromatic carbocycles. The molecular formula is C20H18FNO3. The lowest BCUT2D eigenvalue weighted by Crippen LogP contribution is -2.05. The molecule has 3 rings (SSSR count). The number of ether oxygens (including phenoxy) is 2. The number of esters is 1. The Labute approximate surface area is 145 Å². The van der Waals surface area contributed by atoms with Gasteiger partial charge in [0, 0.05) is 6.42 Å². The summed E-state index contributed by atoms with van der Waals surface area (Å²) in [4.78, 5) is 16.2. The summed E-state index contributed by atoms with van der Waals surface area (Å²) in [6.45, 7) is 1.93. The van der Waals surface area contributed by atoms with Crippen LogP contribution in [0.2, 0.25) is 0 Å². The summed E-state index contributed by atoms with van der Waals surface area (Å²) in [6.07, 6.45) is 2.46. The summed E-state index contributed by atoms with van der Waals surface area (Å²) in [5, 5.41) is 0. The molecule has 0 bridgehead atoms. The molecule has 0 atom stereocenters. The number of carbonyl (C=O) groups is 1. The van der Waals surface area contributed by atoms with E-state index in [0.29, 0.717) is 24.3 Å². The number of methoxy groups -OCH3 is 1. The molecular weight excluding hydrogens is 321 g/mol. The minimum atomic E-state index is -0.489. The minimum absolute atomic E-state index is 0.244. The zero-order valence-corrected chi connectivity index (χ0v) is 14.1. The van der Waals surface area contributed by atoms with Gasteiger partial charge >= 0.3 is 5.97 Å². The van der Waals surface area contributed by atoms with Crippen molar-refractivity contribution >= 4 is 17.9 Å². The smallest absolute Gasteiger partial charge is 0.363 e. The second-order valence-corrected chi connectivity index (χ2v) is 5.75. The van der Waals surface area contributed by atoms with E-state index in [1.54, 1.807) is 31.4 Å². The maximum absolute atomic E-state index is 13.6. The maximum atomic E-state index is 13.6. The predicted molar refractivity (Wildman–Crippen MR) is 94.0 cm³/mol. The van der Waals surface area contributed by atoms with Gasteiger partial charge in [-0.2, -0.15) is 0 Å². The van der Waals surface area contributed by atoms with Crippen molar-refractivity contribution in [3.05, 3.63) is 70.7 Å². The Bertz CT molecular complexity index is 871. The molecule has 0 radical (unpaired) electrons. The van der Waals surface area contributed by atoms with Crippen LogP contribution in [-0.2, 0) is 16.0 Å². The van der Waals surface area contributed by atoms with Crippen molar-refractivity contribution in [1.82, 2.24) is 0 Å². The number of aryl methyl sites for hydroxylation is 2. The quantitative estimate of drug-likeness (QED) is 0.609. The third-order valence-corrected chi connectivity index (χ3v) is 3.95. The molecule has 0 spiro atoms. The summed E-state index contributed by atoms with van der Waals surface area (Å²) in [5.74, 6) is 0.337. The van der Waals surface area contributed by atoms with Crippen molar-refractivity contribution < 1.29 is 18.7 Å². The van der Waals surface area contributed by atoms with Crippen LogP contribution in [0.25, 0.3) is 6.08 Å². The third kappa shape index (κ3) is 3.94. The zero-order valence-electron chi connectivity index (χ0n) is 14.1. The van der Waals surface area contributed by atoms with Crippen molar-refractivity contribution in [1.29, 1.82) is 0 Å². The lowest BCUT2D eigenvalue weighted by molar-refractivity contribution is -0.130. The van der Waals surface area contributed by atoms with Crippen LogP contribution in [0.15, 0.2) is 53.2 Å². The average molecular weight is 339 g/mol. The Balaban J connectivity index is 1.73. The van der Waals surface area contributed by atoms with Gasteiger partial charge in [-0.1, -0.05) is 24.3 Å². The Morgan fingerprint density at radius 1 is 1.20 bits per heavy atom. The first-order chi connectivity index (χ1) is 12.1. The molecule has 0 N–H and O–H groups in total. The standard InChI is InChI=1S/C20H18FNO3/c1-13-11-14(7-9-18(13)24-2)12-17-20(23)25-19(22-17)10-8-15-5-3-4-6-16(15)21/h3-7,9,11-12H,8,10H2,1-2H3/b17-12+. The molecule has 1 heterocycles. The lowest BCUT2D eigenvalue weighted by atomic mass is 10.1. The van der Waals surface area contributed by atoms with E-state index in [1.165, 1.54) is 6.07 Å². The first kappa shape index (κ1) is 16.9. The van der Waals surface area contributed by atoms with Crippen LogP contribution in [0.3, 0.4) is 0 Å². The first-order valence-corrected chi connectivity index (χ1v) is 7.96. The highest BCUT2D eigenvalue weighted by atomic mass is 19.1. The molecule has 0 aromatic heterocycles. The summed E-state index contributed by atoms with van der Waals surface area (Å²) in [6, 6.07) is 12.1. The average Bonchev–Trinajstić information content (AvgIpc) is 2.94. The molecule has 1 aliphatic rings. The first-order valence-electron chi connectivity index (χ1n) is 7.96. The Kier molecular flexibility index (Phi) is 4.93. The molecule has 5 heteroatoms. The number of aliphatic imine (C=N–C) groups is 1. The van der Waals surface area contributed by atoms with Crippen LogP contribution in [0.1, 0.15) is 23.1 Å². The normalized spacial score (nSPS) is 15.2. The van der Waals surface area contributed by atoms with Gasteiger partial charge in [0.25, 0.3) is 0 Å². The fourth-order valence-corrected chi connectivity index (χ4v) is 2.65. The van der Waals surface area contributed by atoms with Gasteiger partial charge in [0.1, 0.15) is 11.6 Å². The van der Waals surface area contributed by atoms with Crippen LogP contribution in [0.5, 0.6) is 5.75 Å². The van der Waals surface area contributed by atoms with Crippen molar-refractivity contribution in [3.8, 4) is 5.75 Å². The van der Waals surface area contributed by atoms with Crippen molar-refractivity contribution in [2.75, 3.05) is 7.11 Å². The SMILES string of the molecule is COc1ccc(/C=C2/N=C(CCc3ccccc3F)OC2=O)cc1C. The van der Waals surface area contributed by atoms with E-state index in [-0.39, 0.29) is 11.5 Å². The summed E-state index contributed by atoms with van der Waals surface area (Å²) < 4.78 is 24.0. The molecule has 4 nitrogen and oxygen atoms in total. The van der Waals surface area contributed by atoms with Gasteiger partial charge in [0.15, 0.2) is 11.6 Å².